The third-order valence-electron chi connectivity index (χ3n) is 5.61. The Morgan fingerprint density at radius 3 is 2.55 bits per heavy atom. The Morgan fingerprint density at radius 1 is 1.24 bits per heavy atom. The van der Waals surface area contributed by atoms with E-state index in [1.165, 1.54) is 28.1 Å². The monoisotopic (exact) mass is 479 g/mol. The SMILES string of the molecule is CCCCn1c(N)c(N(C)C(=O)c2ccc(C)c(S(=O)(=O)N3CCOCC3)c2)c(=O)[nH]c1=O. The Balaban J connectivity index is 2.01. The molecule has 0 atom stereocenters. The fourth-order valence-corrected chi connectivity index (χ4v) is 5.33. The van der Waals surface area contributed by atoms with Crippen molar-refractivity contribution in [3.63, 3.8) is 0 Å². The van der Waals surface area contributed by atoms with Gasteiger partial charge in [-0.25, -0.2) is 13.2 Å². The number of unbranched alkanes of at least 4 members (excludes halogenated alkanes) is 1. The van der Waals surface area contributed by atoms with E-state index >= 15 is 0 Å². The van der Waals surface area contributed by atoms with Gasteiger partial charge in [-0.1, -0.05) is 19.4 Å². The Hall–Kier alpha value is -2.96. The number of nitrogen functional groups attached to an aromatic ring is 1. The van der Waals surface area contributed by atoms with Crippen molar-refractivity contribution < 1.29 is 17.9 Å². The first-order chi connectivity index (χ1) is 15.6. The van der Waals surface area contributed by atoms with Crippen LogP contribution in [0.4, 0.5) is 11.5 Å². The zero-order valence-corrected chi connectivity index (χ0v) is 19.8. The van der Waals surface area contributed by atoms with Gasteiger partial charge in [-0.3, -0.25) is 19.1 Å². The minimum Gasteiger partial charge on any atom is -0.383 e. The number of carbonyl (C=O) groups is 1. The maximum absolute atomic E-state index is 13.2. The standard InChI is InChI=1S/C21H29N5O6S/c1-4-5-8-26-18(22)17(19(27)23-21(26)29)24(3)20(28)15-7-6-14(2)16(13-15)33(30,31)25-9-11-32-12-10-25/h6-7,13H,4-5,8-12,22H2,1-3H3,(H,23,27,29). The number of H-pyrrole nitrogens is 1. The van der Waals surface area contributed by atoms with Crippen LogP contribution in [0.3, 0.4) is 0 Å². The van der Waals surface area contributed by atoms with E-state index in [0.717, 1.165) is 11.3 Å². The maximum atomic E-state index is 13.2. The number of sulfonamides is 1. The molecule has 1 aliphatic rings. The number of benzene rings is 1. The number of nitrogens with zero attached hydrogens (tertiary/aromatic N) is 3. The molecule has 1 fully saturated rings. The molecule has 0 saturated carbocycles. The molecule has 180 valence electrons. The lowest BCUT2D eigenvalue weighted by Gasteiger charge is -2.27. The Morgan fingerprint density at radius 2 is 1.91 bits per heavy atom. The second kappa shape index (κ2) is 9.89. The summed E-state index contributed by atoms with van der Waals surface area (Å²) < 4.78 is 34.1. The summed E-state index contributed by atoms with van der Waals surface area (Å²) >= 11 is 0. The number of aryl methyl sites for hydroxylation is 1. The van der Waals surface area contributed by atoms with Crippen LogP contribution in [-0.2, 0) is 21.3 Å². The molecule has 0 radical (unpaired) electrons. The van der Waals surface area contributed by atoms with Crippen molar-refractivity contribution >= 4 is 27.4 Å². The number of amides is 1. The number of aromatic nitrogens is 2. The number of aromatic amines is 1. The third-order valence-corrected chi connectivity index (χ3v) is 7.65. The van der Waals surface area contributed by atoms with Crippen LogP contribution in [0.2, 0.25) is 0 Å². The molecule has 1 saturated heterocycles. The first-order valence-electron chi connectivity index (χ1n) is 10.7. The summed E-state index contributed by atoms with van der Waals surface area (Å²) in [6.45, 7) is 4.95. The summed E-state index contributed by atoms with van der Waals surface area (Å²) in [5.41, 5.74) is 5.04. The predicted molar refractivity (Wildman–Crippen MR) is 124 cm³/mol. The van der Waals surface area contributed by atoms with E-state index in [4.69, 9.17) is 10.5 Å². The van der Waals surface area contributed by atoms with E-state index in [9.17, 15) is 22.8 Å². The van der Waals surface area contributed by atoms with Crippen LogP contribution in [0.25, 0.3) is 0 Å². The quantitative estimate of drug-likeness (QED) is 0.588. The first-order valence-corrected chi connectivity index (χ1v) is 12.1. The van der Waals surface area contributed by atoms with E-state index < -0.39 is 27.2 Å². The zero-order chi connectivity index (χ0) is 24.3. The summed E-state index contributed by atoms with van der Waals surface area (Å²) in [4.78, 5) is 41.1. The lowest BCUT2D eigenvalue weighted by Crippen LogP contribution is -2.41. The van der Waals surface area contributed by atoms with E-state index in [-0.39, 0.29) is 35.1 Å². The molecule has 3 N–H and O–H groups in total. The summed E-state index contributed by atoms with van der Waals surface area (Å²) in [7, 11) is -2.48. The Labute approximate surface area is 191 Å². The average Bonchev–Trinajstić information content (AvgIpc) is 2.79. The molecular weight excluding hydrogens is 450 g/mol. The molecule has 12 heteroatoms. The highest BCUT2D eigenvalue weighted by Gasteiger charge is 2.29. The number of nitrogens with two attached hydrogens (primary N) is 1. The van der Waals surface area contributed by atoms with Gasteiger partial charge in [-0.05, 0) is 31.0 Å². The molecule has 2 aromatic rings. The predicted octanol–water partition coefficient (Wildman–Crippen LogP) is 0.525. The van der Waals surface area contributed by atoms with Crippen molar-refractivity contribution in [1.82, 2.24) is 13.9 Å². The second-order valence-electron chi connectivity index (χ2n) is 7.86. The fraction of sp³-hybridized carbons (Fsp3) is 0.476. The average molecular weight is 480 g/mol. The van der Waals surface area contributed by atoms with Crippen LogP contribution in [0.1, 0.15) is 35.7 Å². The van der Waals surface area contributed by atoms with Crippen molar-refractivity contribution in [1.29, 1.82) is 0 Å². The zero-order valence-electron chi connectivity index (χ0n) is 19.0. The number of hydrogen-bond donors (Lipinski definition) is 2. The van der Waals surface area contributed by atoms with E-state index in [2.05, 4.69) is 4.98 Å². The number of hydrogen-bond acceptors (Lipinski definition) is 7. The number of carbonyl (C=O) groups excluding carboxylic acids is 1. The lowest BCUT2D eigenvalue weighted by atomic mass is 10.1. The molecule has 0 unspecified atom stereocenters. The van der Waals surface area contributed by atoms with Crippen LogP contribution in [-0.4, -0.2) is 61.5 Å². The highest BCUT2D eigenvalue weighted by Crippen LogP contribution is 2.24. The highest BCUT2D eigenvalue weighted by atomic mass is 32.2. The van der Waals surface area contributed by atoms with Crippen LogP contribution in [0, 0.1) is 6.92 Å². The molecule has 11 nitrogen and oxygen atoms in total. The summed E-state index contributed by atoms with van der Waals surface area (Å²) in [5, 5.41) is 0. The molecule has 0 spiro atoms. The van der Waals surface area contributed by atoms with Gasteiger partial charge in [0, 0.05) is 32.2 Å². The normalized spacial score (nSPS) is 14.9. The molecule has 1 aromatic heterocycles. The first kappa shape index (κ1) is 24.7. The maximum Gasteiger partial charge on any atom is 0.330 e. The molecule has 1 aromatic carbocycles. The van der Waals surface area contributed by atoms with Gasteiger partial charge in [-0.15, -0.1) is 0 Å². The molecule has 2 heterocycles. The topological polar surface area (TPSA) is 148 Å². The largest absolute Gasteiger partial charge is 0.383 e. The molecule has 33 heavy (non-hydrogen) atoms. The summed E-state index contributed by atoms with van der Waals surface area (Å²) in [6, 6.07) is 4.34. The van der Waals surface area contributed by atoms with Crippen molar-refractivity contribution in [2.45, 2.75) is 38.1 Å². The van der Waals surface area contributed by atoms with E-state index in [1.54, 1.807) is 13.0 Å². The third kappa shape index (κ3) is 4.87. The minimum atomic E-state index is -3.83. The van der Waals surface area contributed by atoms with Gasteiger partial charge in [0.2, 0.25) is 10.0 Å². The van der Waals surface area contributed by atoms with Crippen molar-refractivity contribution in [3.8, 4) is 0 Å². The van der Waals surface area contributed by atoms with Gasteiger partial charge in [0.1, 0.15) is 5.82 Å². The van der Waals surface area contributed by atoms with Gasteiger partial charge in [0.15, 0.2) is 5.69 Å². The number of anilines is 2. The summed E-state index contributed by atoms with van der Waals surface area (Å²) in [6.07, 6.45) is 1.47. The van der Waals surface area contributed by atoms with Gasteiger partial charge >= 0.3 is 5.69 Å². The summed E-state index contributed by atoms with van der Waals surface area (Å²) in [5.74, 6) is -0.757. The van der Waals surface area contributed by atoms with Gasteiger partial charge in [-0.2, -0.15) is 4.31 Å². The van der Waals surface area contributed by atoms with Crippen molar-refractivity contribution in [2.75, 3.05) is 44.0 Å². The lowest BCUT2D eigenvalue weighted by molar-refractivity contribution is 0.0730. The van der Waals surface area contributed by atoms with Gasteiger partial charge < -0.3 is 15.4 Å². The number of morpholine rings is 1. The molecular formula is C21H29N5O6S. The molecule has 1 aliphatic heterocycles. The molecule has 0 aliphatic carbocycles. The van der Waals surface area contributed by atoms with Gasteiger partial charge in [0.05, 0.1) is 18.1 Å². The number of rotatable bonds is 7. The van der Waals surface area contributed by atoms with Crippen LogP contribution in [0.5, 0.6) is 0 Å². The van der Waals surface area contributed by atoms with Crippen molar-refractivity contribution in [3.05, 3.63) is 50.2 Å². The molecule has 3 rings (SSSR count). The smallest absolute Gasteiger partial charge is 0.330 e. The second-order valence-corrected chi connectivity index (χ2v) is 9.77. The minimum absolute atomic E-state index is 0.0125. The number of nitrogens with one attached hydrogen (secondary N) is 1. The fourth-order valence-electron chi connectivity index (χ4n) is 3.67. The molecule has 1 amide bonds. The van der Waals surface area contributed by atoms with Gasteiger partial charge in [0.25, 0.3) is 11.5 Å². The van der Waals surface area contributed by atoms with Crippen LogP contribution in [0.15, 0.2) is 32.7 Å². The van der Waals surface area contributed by atoms with Crippen molar-refractivity contribution in [2.24, 2.45) is 0 Å². The van der Waals surface area contributed by atoms with E-state index in [1.807, 2.05) is 6.92 Å². The Kier molecular flexibility index (Phi) is 7.40. The van der Waals surface area contributed by atoms with Crippen LogP contribution >= 0.6 is 0 Å². The molecule has 0 bridgehead atoms. The highest BCUT2D eigenvalue weighted by molar-refractivity contribution is 7.89. The van der Waals surface area contributed by atoms with Crippen LogP contribution < -0.4 is 21.9 Å². The Bertz CT molecular complexity index is 1260. The number of ether oxygens (including phenoxy) is 1. The van der Waals surface area contributed by atoms with E-state index in [0.29, 0.717) is 31.7 Å².